The van der Waals surface area contributed by atoms with Crippen molar-refractivity contribution in [3.63, 3.8) is 0 Å². The van der Waals surface area contributed by atoms with Crippen molar-refractivity contribution in [3.05, 3.63) is 81.4 Å². The van der Waals surface area contributed by atoms with E-state index < -0.39 is 23.5 Å². The Hall–Kier alpha value is -4.08. The molecule has 0 radical (unpaired) electrons. The van der Waals surface area contributed by atoms with Crippen molar-refractivity contribution in [3.8, 4) is 17.2 Å². The van der Waals surface area contributed by atoms with Gasteiger partial charge in [0.05, 0.1) is 46.6 Å². The number of hydrogen-bond acceptors (Lipinski definition) is 8. The van der Waals surface area contributed by atoms with Crippen molar-refractivity contribution >= 4 is 55.7 Å². The van der Waals surface area contributed by atoms with Gasteiger partial charge in [0.25, 0.3) is 5.78 Å². The molecule has 10 heteroatoms. The van der Waals surface area contributed by atoms with Crippen molar-refractivity contribution in [2.45, 2.75) is 19.9 Å². The Morgan fingerprint density at radius 1 is 1.00 bits per heavy atom. The molecule has 5 rings (SSSR count). The molecule has 194 valence electrons. The average molecular weight is 551 g/mol. The van der Waals surface area contributed by atoms with E-state index >= 15 is 0 Å². The van der Waals surface area contributed by atoms with Crippen LogP contribution in [0.15, 0.2) is 54.1 Å². The van der Waals surface area contributed by atoms with Crippen LogP contribution in [0, 0.1) is 13.8 Å². The number of rotatable bonds is 5. The fraction of sp³-hybridized carbons (Fsp3) is 0.179. The minimum Gasteiger partial charge on any atom is -0.508 e. The summed E-state index contributed by atoms with van der Waals surface area (Å²) in [5, 5.41) is 22.0. The molecule has 1 aliphatic heterocycles. The summed E-state index contributed by atoms with van der Waals surface area (Å²) >= 11 is 7.51. The van der Waals surface area contributed by atoms with E-state index in [4.69, 9.17) is 21.1 Å². The van der Waals surface area contributed by atoms with E-state index in [-0.39, 0.29) is 33.4 Å². The Balaban J connectivity index is 1.76. The highest BCUT2D eigenvalue weighted by atomic mass is 35.5. The lowest BCUT2D eigenvalue weighted by atomic mass is 9.95. The maximum atomic E-state index is 13.5. The number of phenols is 1. The summed E-state index contributed by atoms with van der Waals surface area (Å²) in [6.45, 7) is 3.97. The van der Waals surface area contributed by atoms with Gasteiger partial charge in [-0.2, -0.15) is 0 Å². The van der Waals surface area contributed by atoms with E-state index in [9.17, 15) is 19.8 Å². The van der Waals surface area contributed by atoms with Crippen LogP contribution < -0.4 is 14.4 Å². The number of aromatic nitrogens is 1. The molecular weight excluding hydrogens is 528 g/mol. The topological polar surface area (TPSA) is 109 Å². The summed E-state index contributed by atoms with van der Waals surface area (Å²) in [6.07, 6.45) is 0. The van der Waals surface area contributed by atoms with Crippen LogP contribution in [0.25, 0.3) is 16.0 Å². The molecule has 1 fully saturated rings. The number of phenolic OH excluding ortho intramolecular Hbond substituents is 1. The number of carbonyl (C=O) groups is 2. The van der Waals surface area contributed by atoms with Crippen LogP contribution in [0.2, 0.25) is 5.02 Å². The molecule has 1 amide bonds. The summed E-state index contributed by atoms with van der Waals surface area (Å²) in [5.41, 5.74) is 3.29. The number of Topliss-reactive ketones (excluding diaryl/α,β-unsaturated/α-hetero) is 1. The number of anilines is 1. The monoisotopic (exact) mass is 550 g/mol. The largest absolute Gasteiger partial charge is 0.508 e. The number of thiazole rings is 1. The zero-order chi connectivity index (χ0) is 27.3. The second-order valence-electron chi connectivity index (χ2n) is 8.85. The van der Waals surface area contributed by atoms with E-state index in [2.05, 4.69) is 4.98 Å². The zero-order valence-corrected chi connectivity index (χ0v) is 22.5. The van der Waals surface area contributed by atoms with Crippen LogP contribution in [-0.2, 0) is 9.59 Å². The molecule has 8 nitrogen and oxygen atoms in total. The highest BCUT2D eigenvalue weighted by Gasteiger charge is 2.48. The molecule has 1 saturated heterocycles. The van der Waals surface area contributed by atoms with Gasteiger partial charge in [0.1, 0.15) is 23.0 Å². The quantitative estimate of drug-likeness (QED) is 0.180. The third-order valence-corrected chi connectivity index (χ3v) is 7.89. The number of halogens is 1. The highest BCUT2D eigenvalue weighted by molar-refractivity contribution is 7.22. The van der Waals surface area contributed by atoms with Crippen LogP contribution in [-0.4, -0.2) is 41.1 Å². The molecule has 1 aromatic heterocycles. The smallest absolute Gasteiger partial charge is 0.301 e. The predicted molar refractivity (Wildman–Crippen MR) is 147 cm³/mol. The number of carbonyl (C=O) groups excluding carboxylic acids is 2. The van der Waals surface area contributed by atoms with E-state index in [0.717, 1.165) is 15.8 Å². The number of aliphatic hydroxyl groups is 1. The summed E-state index contributed by atoms with van der Waals surface area (Å²) in [6, 6.07) is 11.9. The number of ketones is 1. The fourth-order valence-corrected chi connectivity index (χ4v) is 5.77. The SMILES string of the molecule is COc1cc(/C(O)=C2\C(=O)C(=O)N(c3nc4cc(C)c(C)cc4s3)C2c2ccc(O)cc2)c(OC)cc1Cl. The molecular formula is C28H23ClN2O6S. The average Bonchev–Trinajstić information content (AvgIpc) is 3.41. The number of fused-ring (bicyclic) bond motifs is 1. The zero-order valence-electron chi connectivity index (χ0n) is 20.9. The molecule has 1 aliphatic rings. The number of aliphatic hydroxyl groups excluding tert-OH is 1. The van der Waals surface area contributed by atoms with Gasteiger partial charge in [0.2, 0.25) is 0 Å². The lowest BCUT2D eigenvalue weighted by Crippen LogP contribution is -2.29. The number of aromatic hydroxyl groups is 1. The van der Waals surface area contributed by atoms with Crippen molar-refractivity contribution in [1.29, 1.82) is 0 Å². The van der Waals surface area contributed by atoms with Crippen molar-refractivity contribution in [2.75, 3.05) is 19.1 Å². The molecule has 1 atom stereocenters. The van der Waals surface area contributed by atoms with Crippen molar-refractivity contribution in [2.24, 2.45) is 0 Å². The Kier molecular flexibility index (Phi) is 6.50. The van der Waals surface area contributed by atoms with Gasteiger partial charge in [0, 0.05) is 6.07 Å². The van der Waals surface area contributed by atoms with Gasteiger partial charge in [-0.3, -0.25) is 14.5 Å². The van der Waals surface area contributed by atoms with Gasteiger partial charge in [-0.05, 0) is 60.9 Å². The molecule has 3 aromatic carbocycles. The van der Waals surface area contributed by atoms with E-state index in [1.165, 1.54) is 54.7 Å². The number of methoxy groups -OCH3 is 2. The molecule has 2 N–H and O–H groups in total. The van der Waals surface area contributed by atoms with Gasteiger partial charge in [-0.1, -0.05) is 35.1 Å². The number of amides is 1. The molecule has 2 heterocycles. The predicted octanol–water partition coefficient (Wildman–Crippen LogP) is 5.92. The third kappa shape index (κ3) is 4.13. The lowest BCUT2D eigenvalue weighted by molar-refractivity contribution is -0.132. The summed E-state index contributed by atoms with van der Waals surface area (Å²) < 4.78 is 11.6. The standard InChI is InChI=1S/C28H23ClN2O6S/c1-13-9-19-22(10-14(13)2)38-28(30-19)31-24(15-5-7-16(32)8-6-15)23(26(34)27(31)35)25(33)17-11-21(37-4)18(29)12-20(17)36-3/h5-12,24,32-33H,1-4H3/b25-23+. The van der Waals surface area contributed by atoms with Crippen LogP contribution in [0.5, 0.6) is 17.2 Å². The Labute approximate surface area is 227 Å². The van der Waals surface area contributed by atoms with Crippen LogP contribution in [0.1, 0.15) is 28.3 Å². The van der Waals surface area contributed by atoms with E-state index in [0.29, 0.717) is 16.2 Å². The van der Waals surface area contributed by atoms with Crippen LogP contribution in [0.3, 0.4) is 0 Å². The second kappa shape index (κ2) is 9.66. The maximum absolute atomic E-state index is 13.5. The number of ether oxygens (including phenoxy) is 2. The van der Waals surface area contributed by atoms with Gasteiger partial charge < -0.3 is 19.7 Å². The fourth-order valence-electron chi connectivity index (χ4n) is 4.46. The molecule has 0 saturated carbocycles. The van der Waals surface area contributed by atoms with E-state index in [1.54, 1.807) is 12.1 Å². The summed E-state index contributed by atoms with van der Waals surface area (Å²) in [5.74, 6) is -1.72. The number of hydrogen-bond donors (Lipinski definition) is 2. The normalized spacial score (nSPS) is 16.9. The van der Waals surface area contributed by atoms with Crippen molar-refractivity contribution < 1.29 is 29.3 Å². The Morgan fingerprint density at radius 3 is 2.32 bits per heavy atom. The minimum absolute atomic E-state index is 0.0146. The molecule has 0 bridgehead atoms. The summed E-state index contributed by atoms with van der Waals surface area (Å²) in [7, 11) is 2.82. The number of nitrogens with zero attached hydrogens (tertiary/aromatic N) is 2. The first kappa shape index (κ1) is 25.6. The molecule has 4 aromatic rings. The Morgan fingerprint density at radius 2 is 1.66 bits per heavy atom. The minimum atomic E-state index is -1.02. The van der Waals surface area contributed by atoms with Gasteiger partial charge in [-0.25, -0.2) is 4.98 Å². The first-order valence-corrected chi connectivity index (χ1v) is 12.7. The van der Waals surface area contributed by atoms with E-state index in [1.807, 2.05) is 26.0 Å². The van der Waals surface area contributed by atoms with Gasteiger partial charge in [-0.15, -0.1) is 0 Å². The molecule has 0 spiro atoms. The van der Waals surface area contributed by atoms with Crippen LogP contribution in [0.4, 0.5) is 5.13 Å². The first-order chi connectivity index (χ1) is 18.1. The highest BCUT2D eigenvalue weighted by Crippen LogP contribution is 2.46. The summed E-state index contributed by atoms with van der Waals surface area (Å²) in [4.78, 5) is 33.0. The third-order valence-electron chi connectivity index (χ3n) is 6.58. The first-order valence-electron chi connectivity index (χ1n) is 11.5. The van der Waals surface area contributed by atoms with Gasteiger partial charge in [0.15, 0.2) is 5.13 Å². The van der Waals surface area contributed by atoms with Crippen molar-refractivity contribution in [1.82, 2.24) is 4.98 Å². The molecule has 38 heavy (non-hydrogen) atoms. The van der Waals surface area contributed by atoms with Gasteiger partial charge >= 0.3 is 5.91 Å². The van der Waals surface area contributed by atoms with Crippen LogP contribution >= 0.6 is 22.9 Å². The lowest BCUT2D eigenvalue weighted by Gasteiger charge is -2.23. The second-order valence-corrected chi connectivity index (χ2v) is 10.3. The molecule has 1 unspecified atom stereocenters. The maximum Gasteiger partial charge on any atom is 0.301 e. The number of benzene rings is 3. The number of aryl methyl sites for hydroxylation is 2. The Bertz CT molecular complexity index is 1600. The molecule has 0 aliphatic carbocycles.